The third-order valence-corrected chi connectivity index (χ3v) is 3.52. The Balaban J connectivity index is 2.51. The summed E-state index contributed by atoms with van der Waals surface area (Å²) >= 11 is 12.5. The number of fused-ring (bicyclic) bond motifs is 3. The van der Waals surface area contributed by atoms with E-state index in [0.29, 0.717) is 17.4 Å². The highest BCUT2D eigenvalue weighted by Crippen LogP contribution is 2.39. The molecule has 1 aromatic carbocycles. The third kappa shape index (κ3) is 1.55. The van der Waals surface area contributed by atoms with Gasteiger partial charge in [0.1, 0.15) is 5.52 Å². The van der Waals surface area contributed by atoms with Crippen molar-refractivity contribution >= 4 is 45.2 Å². The first-order valence-corrected chi connectivity index (χ1v) is 6.31. The van der Waals surface area contributed by atoms with Gasteiger partial charge >= 0.3 is 0 Å². The molecule has 0 fully saturated rings. The average molecular weight is 281 g/mol. The Morgan fingerprint density at radius 1 is 1.28 bits per heavy atom. The molecule has 3 nitrogen and oxygen atoms in total. The van der Waals surface area contributed by atoms with E-state index in [4.69, 9.17) is 28.1 Å². The van der Waals surface area contributed by atoms with Crippen LogP contribution in [0.5, 0.6) is 5.75 Å². The van der Waals surface area contributed by atoms with Crippen molar-refractivity contribution in [2.24, 2.45) is 0 Å². The molecule has 2 aromatic heterocycles. The second-order valence-corrected chi connectivity index (χ2v) is 4.62. The zero-order valence-electron chi connectivity index (χ0n) is 9.65. The van der Waals surface area contributed by atoms with E-state index in [1.165, 1.54) is 0 Å². The van der Waals surface area contributed by atoms with E-state index in [-0.39, 0.29) is 0 Å². The topological polar surface area (TPSA) is 27.1 Å². The van der Waals surface area contributed by atoms with Crippen LogP contribution in [0.2, 0.25) is 5.02 Å². The van der Waals surface area contributed by atoms with Gasteiger partial charge in [-0.2, -0.15) is 0 Å². The van der Waals surface area contributed by atoms with Crippen LogP contribution >= 0.6 is 23.4 Å². The molecule has 0 aliphatic carbocycles. The Hall–Kier alpha value is -1.45. The van der Waals surface area contributed by atoms with Crippen molar-refractivity contribution in [3.63, 3.8) is 0 Å². The quantitative estimate of drug-likeness (QED) is 0.702. The smallest absolute Gasteiger partial charge is 0.163 e. The van der Waals surface area contributed by atoms with Gasteiger partial charge in [-0.15, -0.1) is 0 Å². The molecule has 3 aromatic rings. The van der Waals surface area contributed by atoms with E-state index in [1.807, 2.05) is 25.1 Å². The number of pyridine rings is 1. The molecule has 92 valence electrons. The summed E-state index contributed by atoms with van der Waals surface area (Å²) in [5, 5.41) is 2.60. The number of hydrogen-bond acceptors (Lipinski definition) is 2. The number of aromatic nitrogens is 2. The summed E-state index contributed by atoms with van der Waals surface area (Å²) in [5.41, 5.74) is 1.63. The summed E-state index contributed by atoms with van der Waals surface area (Å²) in [5.74, 6) is 0.614. The fourth-order valence-corrected chi connectivity index (χ4v) is 2.64. The summed E-state index contributed by atoms with van der Waals surface area (Å²) in [6.07, 6.45) is 3.47. The van der Waals surface area contributed by atoms with Crippen LogP contribution < -0.4 is 4.74 Å². The van der Waals surface area contributed by atoms with E-state index >= 15 is 0 Å². The minimum Gasteiger partial charge on any atom is -0.490 e. The highest BCUT2D eigenvalue weighted by Gasteiger charge is 2.16. The molecule has 0 aliphatic rings. The molecule has 0 amide bonds. The van der Waals surface area contributed by atoms with Gasteiger partial charge in [-0.1, -0.05) is 17.7 Å². The molecule has 0 radical (unpaired) electrons. The fraction of sp³-hybridized carbons (Fsp3) is 0.154. The number of hydrogen-bond donors (Lipinski definition) is 0. The Labute approximate surface area is 114 Å². The lowest BCUT2D eigenvalue weighted by Crippen LogP contribution is -1.94. The molecule has 0 saturated heterocycles. The fourth-order valence-electron chi connectivity index (χ4n) is 2.13. The number of rotatable bonds is 2. The van der Waals surface area contributed by atoms with Crippen LogP contribution in [-0.4, -0.2) is 15.7 Å². The number of halogens is 2. The molecule has 0 spiro atoms. The standard InChI is InChI=1S/C13H10Cl2N2O/c1-2-18-13-10(14)4-3-9-8-5-6-16-7-11(8)17(15)12(9)13/h3-7H,2H2,1H3. The van der Waals surface area contributed by atoms with Gasteiger partial charge in [0, 0.05) is 28.7 Å². The molecule has 0 atom stereocenters. The van der Waals surface area contributed by atoms with Crippen LogP contribution in [0, 0.1) is 0 Å². The molecular weight excluding hydrogens is 271 g/mol. The number of ether oxygens (including phenoxy) is 1. The van der Waals surface area contributed by atoms with Crippen LogP contribution in [0.25, 0.3) is 21.8 Å². The van der Waals surface area contributed by atoms with Crippen LogP contribution in [0.4, 0.5) is 0 Å². The molecule has 0 unspecified atom stereocenters. The molecule has 5 heteroatoms. The second-order valence-electron chi connectivity index (χ2n) is 3.88. The average Bonchev–Trinajstić information content (AvgIpc) is 2.68. The lowest BCUT2D eigenvalue weighted by molar-refractivity contribution is 0.344. The first kappa shape index (κ1) is 11.6. The lowest BCUT2D eigenvalue weighted by atomic mass is 10.2. The predicted molar refractivity (Wildman–Crippen MR) is 74.7 cm³/mol. The van der Waals surface area contributed by atoms with Crippen molar-refractivity contribution in [3.8, 4) is 5.75 Å². The lowest BCUT2D eigenvalue weighted by Gasteiger charge is -2.07. The van der Waals surface area contributed by atoms with Crippen molar-refractivity contribution in [2.45, 2.75) is 6.92 Å². The highest BCUT2D eigenvalue weighted by atomic mass is 35.5. The van der Waals surface area contributed by atoms with Crippen molar-refractivity contribution in [1.29, 1.82) is 0 Å². The molecule has 0 bridgehead atoms. The number of benzene rings is 1. The minimum atomic E-state index is 0.537. The van der Waals surface area contributed by atoms with Crippen LogP contribution in [0.15, 0.2) is 30.6 Å². The third-order valence-electron chi connectivity index (χ3n) is 2.87. The van der Waals surface area contributed by atoms with Crippen molar-refractivity contribution in [3.05, 3.63) is 35.6 Å². The Morgan fingerprint density at radius 2 is 2.11 bits per heavy atom. The second kappa shape index (κ2) is 4.34. The summed E-state index contributed by atoms with van der Waals surface area (Å²) in [7, 11) is 0. The molecule has 0 saturated carbocycles. The molecule has 18 heavy (non-hydrogen) atoms. The van der Waals surface area contributed by atoms with Crippen LogP contribution in [0.1, 0.15) is 6.92 Å². The van der Waals surface area contributed by atoms with E-state index in [2.05, 4.69) is 4.98 Å². The van der Waals surface area contributed by atoms with Gasteiger partial charge in [-0.3, -0.25) is 4.98 Å². The summed E-state index contributed by atoms with van der Waals surface area (Å²) in [6.45, 7) is 2.45. The maximum absolute atomic E-state index is 6.34. The van der Waals surface area contributed by atoms with E-state index < -0.39 is 0 Å². The Bertz CT molecular complexity index is 737. The largest absolute Gasteiger partial charge is 0.490 e. The van der Waals surface area contributed by atoms with Crippen molar-refractivity contribution in [1.82, 2.24) is 9.07 Å². The monoisotopic (exact) mass is 280 g/mol. The molecule has 2 heterocycles. The van der Waals surface area contributed by atoms with Gasteiger partial charge in [-0.25, -0.2) is 4.09 Å². The van der Waals surface area contributed by atoms with Gasteiger partial charge in [-0.05, 0) is 19.1 Å². The molecule has 0 aliphatic heterocycles. The van der Waals surface area contributed by atoms with Crippen molar-refractivity contribution in [2.75, 3.05) is 6.61 Å². The molecule has 0 N–H and O–H groups in total. The van der Waals surface area contributed by atoms with Crippen LogP contribution in [-0.2, 0) is 0 Å². The summed E-state index contributed by atoms with van der Waals surface area (Å²) < 4.78 is 7.15. The van der Waals surface area contributed by atoms with Gasteiger partial charge in [0.25, 0.3) is 0 Å². The minimum absolute atomic E-state index is 0.537. The van der Waals surface area contributed by atoms with E-state index in [1.54, 1.807) is 16.5 Å². The van der Waals surface area contributed by atoms with Crippen LogP contribution in [0.3, 0.4) is 0 Å². The summed E-state index contributed by atoms with van der Waals surface area (Å²) in [6, 6.07) is 5.70. The first-order valence-electron chi connectivity index (χ1n) is 5.59. The normalized spacial score (nSPS) is 11.3. The number of nitrogens with zero attached hydrogens (tertiary/aromatic N) is 2. The van der Waals surface area contributed by atoms with Gasteiger partial charge in [0.15, 0.2) is 5.75 Å². The maximum atomic E-state index is 6.34. The zero-order chi connectivity index (χ0) is 12.7. The zero-order valence-corrected chi connectivity index (χ0v) is 11.2. The summed E-state index contributed by atoms with van der Waals surface area (Å²) in [4.78, 5) is 4.09. The SMILES string of the molecule is CCOc1c(Cl)ccc2c3ccncc3n(Cl)c12. The molecule has 3 rings (SSSR count). The highest BCUT2D eigenvalue weighted by molar-refractivity contribution is 6.35. The predicted octanol–water partition coefficient (Wildman–Crippen LogP) is 4.24. The van der Waals surface area contributed by atoms with Gasteiger partial charge in [0.2, 0.25) is 0 Å². The van der Waals surface area contributed by atoms with E-state index in [0.717, 1.165) is 21.8 Å². The van der Waals surface area contributed by atoms with Gasteiger partial charge in [0.05, 0.1) is 23.3 Å². The molecular formula is C13H10Cl2N2O. The first-order chi connectivity index (χ1) is 8.74. The Kier molecular flexibility index (Phi) is 2.80. The van der Waals surface area contributed by atoms with E-state index in [9.17, 15) is 0 Å². The Morgan fingerprint density at radius 3 is 2.89 bits per heavy atom. The van der Waals surface area contributed by atoms with Crippen molar-refractivity contribution < 1.29 is 4.74 Å². The van der Waals surface area contributed by atoms with Gasteiger partial charge < -0.3 is 4.74 Å². The maximum Gasteiger partial charge on any atom is 0.163 e.